The zero-order valence-electron chi connectivity index (χ0n) is 41.7. The molecule has 3 N–H and O–H groups in total. The number of hydrogen-bond acceptors (Lipinski definition) is 3. The Morgan fingerprint density at radius 1 is 0.377 bits per heavy atom. The maximum atomic E-state index is 12.4. The fourth-order valence-electron chi connectivity index (χ4n) is 8.90. The van der Waals surface area contributed by atoms with E-state index in [1.807, 2.05) is 6.08 Å². The average molecular weight is 859 g/mol. The molecule has 4 nitrogen and oxygen atoms in total. The van der Waals surface area contributed by atoms with E-state index >= 15 is 0 Å². The van der Waals surface area contributed by atoms with Gasteiger partial charge in [-0.2, -0.15) is 0 Å². The third-order valence-corrected chi connectivity index (χ3v) is 13.2. The van der Waals surface area contributed by atoms with Crippen molar-refractivity contribution < 1.29 is 15.0 Å². The zero-order valence-corrected chi connectivity index (χ0v) is 41.7. The molecule has 0 aliphatic rings. The molecule has 1 amide bonds. The molecule has 0 saturated carbocycles. The molecule has 0 aliphatic carbocycles. The predicted octanol–water partition coefficient (Wildman–Crippen LogP) is 18.3. The van der Waals surface area contributed by atoms with E-state index in [1.165, 1.54) is 263 Å². The van der Waals surface area contributed by atoms with E-state index in [2.05, 4.69) is 31.3 Å². The van der Waals surface area contributed by atoms with Gasteiger partial charge in [0.2, 0.25) is 5.91 Å². The van der Waals surface area contributed by atoms with Crippen LogP contribution < -0.4 is 5.32 Å². The van der Waals surface area contributed by atoms with Gasteiger partial charge in [0.15, 0.2) is 0 Å². The van der Waals surface area contributed by atoms with Gasteiger partial charge in [-0.05, 0) is 32.1 Å². The molecule has 0 radical (unpaired) electrons. The van der Waals surface area contributed by atoms with E-state index in [0.29, 0.717) is 6.42 Å². The number of hydrogen-bond donors (Lipinski definition) is 3. The number of allylic oxidation sites excluding steroid dienone is 3. The summed E-state index contributed by atoms with van der Waals surface area (Å²) in [5.41, 5.74) is 0. The average Bonchev–Trinajstić information content (AvgIpc) is 3.26. The first-order valence-electron chi connectivity index (χ1n) is 28.1. The van der Waals surface area contributed by atoms with Gasteiger partial charge in [0, 0.05) is 6.42 Å². The number of rotatable bonds is 52. The highest BCUT2D eigenvalue weighted by Gasteiger charge is 2.18. The molecule has 362 valence electrons. The normalized spacial score (nSPS) is 12.9. The van der Waals surface area contributed by atoms with Crippen molar-refractivity contribution in [2.24, 2.45) is 0 Å². The number of nitrogens with one attached hydrogen (secondary N) is 1. The fraction of sp³-hybridized carbons (Fsp3) is 0.912. The Morgan fingerprint density at radius 3 is 0.951 bits per heavy atom. The number of amides is 1. The Bertz CT molecular complexity index is 886. The van der Waals surface area contributed by atoms with Crippen LogP contribution in [0.4, 0.5) is 0 Å². The lowest BCUT2D eigenvalue weighted by Gasteiger charge is -2.19. The van der Waals surface area contributed by atoms with Crippen molar-refractivity contribution in [3.8, 4) is 0 Å². The molecule has 2 atom stereocenters. The summed E-state index contributed by atoms with van der Waals surface area (Å²) >= 11 is 0. The Morgan fingerprint density at radius 2 is 0.639 bits per heavy atom. The second-order valence-electron chi connectivity index (χ2n) is 19.4. The van der Waals surface area contributed by atoms with Gasteiger partial charge in [0.25, 0.3) is 0 Å². The topological polar surface area (TPSA) is 69.6 Å². The molecule has 61 heavy (non-hydrogen) atoms. The minimum Gasteiger partial charge on any atom is -0.394 e. The first-order chi connectivity index (χ1) is 30.2. The van der Waals surface area contributed by atoms with Crippen molar-refractivity contribution >= 4 is 5.91 Å². The van der Waals surface area contributed by atoms with Crippen molar-refractivity contribution in [2.45, 2.75) is 328 Å². The quantitative estimate of drug-likeness (QED) is 0.0422. The van der Waals surface area contributed by atoms with Gasteiger partial charge in [-0.3, -0.25) is 4.79 Å². The van der Waals surface area contributed by atoms with Crippen LogP contribution in [-0.4, -0.2) is 34.9 Å². The van der Waals surface area contributed by atoms with Crippen LogP contribution in [-0.2, 0) is 4.79 Å². The summed E-state index contributed by atoms with van der Waals surface area (Å²) in [4.78, 5) is 12.4. The molecule has 0 aromatic carbocycles. The highest BCUT2D eigenvalue weighted by atomic mass is 16.3. The summed E-state index contributed by atoms with van der Waals surface area (Å²) in [6, 6.07) is -0.635. The lowest BCUT2D eigenvalue weighted by atomic mass is 10.0. The molecule has 0 heterocycles. The van der Waals surface area contributed by atoms with Crippen molar-refractivity contribution in [1.29, 1.82) is 0 Å². The predicted molar refractivity (Wildman–Crippen MR) is 272 cm³/mol. The minimum atomic E-state index is -0.859. The summed E-state index contributed by atoms with van der Waals surface area (Å²) in [5.74, 6) is -0.0672. The number of carbonyl (C=O) groups is 1. The molecule has 4 heteroatoms. The lowest BCUT2D eigenvalue weighted by molar-refractivity contribution is -0.123. The number of unbranched alkanes of at least 4 members (excludes halogenated alkanes) is 43. The lowest BCUT2D eigenvalue weighted by Crippen LogP contribution is -2.45. The molecule has 2 unspecified atom stereocenters. The first kappa shape index (κ1) is 59.9. The standard InChI is InChI=1S/C57H111NO3/c1-3-5-7-9-11-13-15-17-19-21-22-23-24-25-26-27-28-29-30-31-32-33-34-35-37-39-41-43-45-47-49-51-53-57(61)58-55(54-59)56(60)52-50-48-46-44-42-40-38-36-20-18-16-14-12-10-8-6-4-2/h42,44,50,52,55-56,59-60H,3-41,43,45-49,51,53-54H2,1-2H3,(H,58,61)/b44-42+,52-50+. The summed E-state index contributed by atoms with van der Waals surface area (Å²) in [6.07, 6.45) is 70.7. The van der Waals surface area contributed by atoms with Crippen LogP contribution in [0.25, 0.3) is 0 Å². The molecular weight excluding hydrogens is 747 g/mol. The molecule has 0 saturated heterocycles. The third-order valence-electron chi connectivity index (χ3n) is 13.2. The molecule has 0 aromatic heterocycles. The monoisotopic (exact) mass is 858 g/mol. The molecule has 0 rings (SSSR count). The Labute approximate surface area is 383 Å². The third kappa shape index (κ3) is 49.7. The van der Waals surface area contributed by atoms with Gasteiger partial charge in [-0.25, -0.2) is 0 Å². The highest BCUT2D eigenvalue weighted by molar-refractivity contribution is 5.76. The van der Waals surface area contributed by atoms with E-state index in [9.17, 15) is 15.0 Å². The molecule has 0 bridgehead atoms. The summed E-state index contributed by atoms with van der Waals surface area (Å²) in [7, 11) is 0. The molecular formula is C57H111NO3. The first-order valence-corrected chi connectivity index (χ1v) is 28.1. The SMILES string of the molecule is CCCCCCCCCCCCC/C=C/CC/C=C/C(O)C(CO)NC(=O)CCCCCCCCCCCCCCCCCCCCCCCCCCCCCCCCCC. The van der Waals surface area contributed by atoms with Gasteiger partial charge in [-0.15, -0.1) is 0 Å². The Kier molecular flexibility index (Phi) is 52.2. The van der Waals surface area contributed by atoms with E-state index in [0.717, 1.165) is 32.1 Å². The van der Waals surface area contributed by atoms with Crippen LogP contribution in [0.1, 0.15) is 316 Å². The van der Waals surface area contributed by atoms with Crippen LogP contribution >= 0.6 is 0 Å². The van der Waals surface area contributed by atoms with Crippen LogP contribution in [0.3, 0.4) is 0 Å². The second-order valence-corrected chi connectivity index (χ2v) is 19.4. The summed E-state index contributed by atoms with van der Waals surface area (Å²) in [5, 5.41) is 23.1. The Hall–Kier alpha value is -1.13. The zero-order chi connectivity index (χ0) is 44.2. The maximum Gasteiger partial charge on any atom is 0.220 e. The number of aliphatic hydroxyl groups excluding tert-OH is 2. The van der Waals surface area contributed by atoms with Crippen LogP contribution in [0.15, 0.2) is 24.3 Å². The highest BCUT2D eigenvalue weighted by Crippen LogP contribution is 2.18. The van der Waals surface area contributed by atoms with Gasteiger partial charge in [0.05, 0.1) is 18.8 Å². The molecule has 0 spiro atoms. The van der Waals surface area contributed by atoms with Gasteiger partial charge in [-0.1, -0.05) is 301 Å². The molecule has 0 fully saturated rings. The largest absolute Gasteiger partial charge is 0.394 e. The van der Waals surface area contributed by atoms with Crippen molar-refractivity contribution in [1.82, 2.24) is 5.32 Å². The van der Waals surface area contributed by atoms with Crippen LogP contribution in [0.5, 0.6) is 0 Å². The number of carbonyl (C=O) groups excluding carboxylic acids is 1. The van der Waals surface area contributed by atoms with Gasteiger partial charge in [0.1, 0.15) is 0 Å². The van der Waals surface area contributed by atoms with E-state index in [1.54, 1.807) is 6.08 Å². The maximum absolute atomic E-state index is 12.4. The number of aliphatic hydroxyl groups is 2. The smallest absolute Gasteiger partial charge is 0.220 e. The van der Waals surface area contributed by atoms with Crippen molar-refractivity contribution in [3.05, 3.63) is 24.3 Å². The minimum absolute atomic E-state index is 0.0672. The van der Waals surface area contributed by atoms with E-state index in [-0.39, 0.29) is 12.5 Å². The van der Waals surface area contributed by atoms with Crippen LogP contribution in [0.2, 0.25) is 0 Å². The summed E-state index contributed by atoms with van der Waals surface area (Å²) in [6.45, 7) is 4.33. The van der Waals surface area contributed by atoms with E-state index in [4.69, 9.17) is 0 Å². The van der Waals surface area contributed by atoms with E-state index < -0.39 is 12.1 Å². The van der Waals surface area contributed by atoms with Crippen LogP contribution in [0, 0.1) is 0 Å². The van der Waals surface area contributed by atoms with Gasteiger partial charge < -0.3 is 15.5 Å². The van der Waals surface area contributed by atoms with Crippen molar-refractivity contribution in [2.75, 3.05) is 6.61 Å². The van der Waals surface area contributed by atoms with Gasteiger partial charge >= 0.3 is 0 Å². The second kappa shape index (κ2) is 53.2. The Balaban J connectivity index is 3.43. The summed E-state index contributed by atoms with van der Waals surface area (Å²) < 4.78 is 0. The molecule has 0 aliphatic heterocycles. The van der Waals surface area contributed by atoms with Crippen molar-refractivity contribution in [3.63, 3.8) is 0 Å². The fourth-order valence-corrected chi connectivity index (χ4v) is 8.90. The molecule has 0 aromatic rings.